The van der Waals surface area contributed by atoms with Crippen molar-refractivity contribution in [3.63, 3.8) is 0 Å². The highest BCUT2D eigenvalue weighted by molar-refractivity contribution is 7.92. The molecule has 0 aliphatic heterocycles. The Balaban J connectivity index is 1.96. The lowest BCUT2D eigenvalue weighted by Gasteiger charge is -2.25. The SMILES string of the molecule is Cc1ccc(S(=O)(=O)N(CC(=O)NCc2cccc(C=O)c2)c2cccc([N+](=O)[O-])c2C)cc1. The first-order valence-corrected chi connectivity index (χ1v) is 11.7. The number of anilines is 1. The second-order valence-corrected chi connectivity index (χ2v) is 9.51. The van der Waals surface area contributed by atoms with Crippen molar-refractivity contribution in [2.45, 2.75) is 25.3 Å². The topological polar surface area (TPSA) is 127 Å². The third kappa shape index (κ3) is 5.46. The molecule has 0 aliphatic carbocycles. The Morgan fingerprint density at radius 3 is 2.38 bits per heavy atom. The average molecular weight is 482 g/mol. The van der Waals surface area contributed by atoms with Crippen LogP contribution in [0, 0.1) is 24.0 Å². The van der Waals surface area contributed by atoms with Crippen molar-refractivity contribution in [1.82, 2.24) is 5.32 Å². The van der Waals surface area contributed by atoms with Crippen LogP contribution < -0.4 is 9.62 Å². The van der Waals surface area contributed by atoms with Crippen molar-refractivity contribution in [1.29, 1.82) is 0 Å². The van der Waals surface area contributed by atoms with Gasteiger partial charge in [0.15, 0.2) is 0 Å². The molecule has 9 nitrogen and oxygen atoms in total. The van der Waals surface area contributed by atoms with Gasteiger partial charge < -0.3 is 5.32 Å². The van der Waals surface area contributed by atoms with E-state index in [1.54, 1.807) is 36.4 Å². The Labute approximate surface area is 197 Å². The highest BCUT2D eigenvalue weighted by atomic mass is 32.2. The van der Waals surface area contributed by atoms with Crippen LogP contribution in [0.4, 0.5) is 11.4 Å². The lowest BCUT2D eigenvalue weighted by Crippen LogP contribution is -2.41. The maximum absolute atomic E-state index is 13.5. The van der Waals surface area contributed by atoms with Crippen molar-refractivity contribution >= 4 is 33.6 Å². The average Bonchev–Trinajstić information content (AvgIpc) is 2.81. The van der Waals surface area contributed by atoms with Crippen LogP contribution in [0.2, 0.25) is 0 Å². The zero-order valence-electron chi connectivity index (χ0n) is 18.6. The standard InChI is InChI=1S/C24H23N3O6S/c1-17-9-11-21(12-10-17)34(32,33)26(22-7-4-8-23(18(22)2)27(30)31)15-24(29)25-14-19-5-3-6-20(13-19)16-28/h3-13,16H,14-15H2,1-2H3,(H,25,29). The number of sulfonamides is 1. The van der Waals surface area contributed by atoms with E-state index < -0.39 is 27.4 Å². The monoisotopic (exact) mass is 481 g/mol. The van der Waals surface area contributed by atoms with Gasteiger partial charge >= 0.3 is 0 Å². The largest absolute Gasteiger partial charge is 0.350 e. The van der Waals surface area contributed by atoms with E-state index in [0.29, 0.717) is 17.4 Å². The van der Waals surface area contributed by atoms with E-state index in [2.05, 4.69) is 5.32 Å². The van der Waals surface area contributed by atoms with Gasteiger partial charge in [0.1, 0.15) is 12.8 Å². The van der Waals surface area contributed by atoms with E-state index in [1.807, 2.05) is 6.92 Å². The number of amides is 1. The number of nitrogens with zero attached hydrogens (tertiary/aromatic N) is 2. The molecule has 1 N–H and O–H groups in total. The first-order chi connectivity index (χ1) is 16.1. The first kappa shape index (κ1) is 24.6. The predicted octanol–water partition coefficient (Wildman–Crippen LogP) is 3.54. The minimum absolute atomic E-state index is 0.0351. The number of aryl methyl sites for hydroxylation is 1. The summed E-state index contributed by atoms with van der Waals surface area (Å²) in [7, 11) is -4.22. The molecule has 0 saturated heterocycles. The summed E-state index contributed by atoms with van der Waals surface area (Å²) < 4.78 is 27.9. The van der Waals surface area contributed by atoms with E-state index >= 15 is 0 Å². The van der Waals surface area contributed by atoms with Crippen LogP contribution in [0.15, 0.2) is 71.6 Å². The highest BCUT2D eigenvalue weighted by Crippen LogP contribution is 2.32. The molecule has 0 heterocycles. The van der Waals surface area contributed by atoms with Gasteiger partial charge in [0.25, 0.3) is 15.7 Å². The summed E-state index contributed by atoms with van der Waals surface area (Å²) in [5, 5.41) is 14.1. The van der Waals surface area contributed by atoms with Gasteiger partial charge in [-0.25, -0.2) is 8.42 Å². The Kier molecular flexibility index (Phi) is 7.42. The van der Waals surface area contributed by atoms with Gasteiger partial charge in [0, 0.05) is 18.2 Å². The molecule has 3 rings (SSSR count). The Bertz CT molecular complexity index is 1340. The third-order valence-electron chi connectivity index (χ3n) is 5.21. The summed E-state index contributed by atoms with van der Waals surface area (Å²) in [6.45, 7) is 2.73. The zero-order valence-corrected chi connectivity index (χ0v) is 19.4. The van der Waals surface area contributed by atoms with Gasteiger partial charge in [0.2, 0.25) is 5.91 Å². The molecule has 0 aliphatic rings. The number of carbonyl (C=O) groups excluding carboxylic acids is 2. The number of hydrogen-bond acceptors (Lipinski definition) is 6. The number of nitro groups is 1. The van der Waals surface area contributed by atoms with Crippen LogP contribution >= 0.6 is 0 Å². The molecular formula is C24H23N3O6S. The molecule has 0 spiro atoms. The minimum atomic E-state index is -4.22. The summed E-state index contributed by atoms with van der Waals surface area (Å²) >= 11 is 0. The van der Waals surface area contributed by atoms with Crippen LogP contribution in [0.1, 0.15) is 27.0 Å². The van der Waals surface area contributed by atoms with E-state index in [-0.39, 0.29) is 28.4 Å². The fourth-order valence-electron chi connectivity index (χ4n) is 3.38. The molecule has 0 atom stereocenters. The van der Waals surface area contributed by atoms with E-state index in [4.69, 9.17) is 0 Å². The molecule has 0 radical (unpaired) electrons. The smallest absolute Gasteiger partial charge is 0.274 e. The molecule has 3 aromatic rings. The summed E-state index contributed by atoms with van der Waals surface area (Å²) in [6.07, 6.45) is 0.687. The maximum atomic E-state index is 13.5. The van der Waals surface area contributed by atoms with Crippen molar-refractivity contribution in [3.8, 4) is 0 Å². The zero-order chi connectivity index (χ0) is 24.9. The van der Waals surface area contributed by atoms with Crippen LogP contribution in [0.25, 0.3) is 0 Å². The summed E-state index contributed by atoms with van der Waals surface area (Å²) in [4.78, 5) is 34.5. The number of nitro benzene ring substituents is 1. The Morgan fingerprint density at radius 2 is 1.74 bits per heavy atom. The van der Waals surface area contributed by atoms with Gasteiger partial charge in [-0.3, -0.25) is 24.0 Å². The van der Waals surface area contributed by atoms with Gasteiger partial charge in [-0.05, 0) is 43.7 Å². The van der Waals surface area contributed by atoms with E-state index in [9.17, 15) is 28.1 Å². The lowest BCUT2D eigenvalue weighted by molar-refractivity contribution is -0.385. The molecule has 34 heavy (non-hydrogen) atoms. The van der Waals surface area contributed by atoms with Gasteiger partial charge in [-0.1, -0.05) is 42.0 Å². The lowest BCUT2D eigenvalue weighted by atomic mass is 10.1. The third-order valence-corrected chi connectivity index (χ3v) is 6.99. The number of nitrogens with one attached hydrogen (secondary N) is 1. The minimum Gasteiger partial charge on any atom is -0.350 e. The van der Waals surface area contributed by atoms with Crippen LogP contribution in [0.5, 0.6) is 0 Å². The molecule has 0 fully saturated rings. The van der Waals surface area contributed by atoms with Crippen molar-refractivity contribution in [2.24, 2.45) is 0 Å². The van der Waals surface area contributed by atoms with Crippen molar-refractivity contribution < 1.29 is 22.9 Å². The summed E-state index contributed by atoms with van der Waals surface area (Å²) in [5.74, 6) is -0.613. The molecule has 1 amide bonds. The molecule has 0 bridgehead atoms. The molecule has 3 aromatic carbocycles. The van der Waals surface area contributed by atoms with Crippen molar-refractivity contribution in [3.05, 3.63) is 99.1 Å². The normalized spacial score (nSPS) is 11.0. The maximum Gasteiger partial charge on any atom is 0.274 e. The Morgan fingerprint density at radius 1 is 1.06 bits per heavy atom. The number of aldehydes is 1. The molecular weight excluding hydrogens is 458 g/mol. The second kappa shape index (κ2) is 10.3. The molecule has 176 valence electrons. The molecule has 0 saturated carbocycles. The molecule has 0 aromatic heterocycles. The van der Waals surface area contributed by atoms with E-state index in [1.165, 1.54) is 37.3 Å². The van der Waals surface area contributed by atoms with Crippen LogP contribution in [0.3, 0.4) is 0 Å². The fraction of sp³-hybridized carbons (Fsp3) is 0.167. The van der Waals surface area contributed by atoms with E-state index in [0.717, 1.165) is 9.87 Å². The van der Waals surface area contributed by atoms with Gasteiger partial charge in [0.05, 0.1) is 21.1 Å². The molecule has 0 unspecified atom stereocenters. The first-order valence-electron chi connectivity index (χ1n) is 10.3. The second-order valence-electron chi connectivity index (χ2n) is 7.64. The number of rotatable bonds is 9. The quantitative estimate of drug-likeness (QED) is 0.283. The summed E-state index contributed by atoms with van der Waals surface area (Å²) in [5.41, 5.74) is 1.86. The van der Waals surface area contributed by atoms with Gasteiger partial charge in [-0.2, -0.15) is 0 Å². The predicted molar refractivity (Wildman–Crippen MR) is 127 cm³/mol. The summed E-state index contributed by atoms with van der Waals surface area (Å²) in [6, 6.07) is 16.8. The van der Waals surface area contributed by atoms with Gasteiger partial charge in [-0.15, -0.1) is 0 Å². The number of hydrogen-bond donors (Lipinski definition) is 1. The highest BCUT2D eigenvalue weighted by Gasteiger charge is 2.30. The number of benzene rings is 3. The van der Waals surface area contributed by atoms with Crippen molar-refractivity contribution in [2.75, 3.05) is 10.8 Å². The van der Waals surface area contributed by atoms with Crippen LogP contribution in [-0.2, 0) is 21.4 Å². The fourth-order valence-corrected chi connectivity index (χ4v) is 4.86. The van der Waals surface area contributed by atoms with Crippen LogP contribution in [-0.4, -0.2) is 32.1 Å². The molecule has 10 heteroatoms. The Hall–Kier alpha value is -4.05. The number of carbonyl (C=O) groups is 2.